The Labute approximate surface area is 200 Å². The predicted molar refractivity (Wildman–Crippen MR) is 116 cm³/mol. The second kappa shape index (κ2) is 9.36. The third kappa shape index (κ3) is 5.39. The van der Waals surface area contributed by atoms with Crippen LogP contribution in [0.25, 0.3) is 11.4 Å². The summed E-state index contributed by atoms with van der Waals surface area (Å²) in [5.41, 5.74) is -3.76. The molecule has 36 heavy (non-hydrogen) atoms. The Bertz CT molecular complexity index is 1290. The van der Waals surface area contributed by atoms with Gasteiger partial charge in [0.15, 0.2) is 5.82 Å². The number of nitrogens with one attached hydrogen (secondary N) is 1. The van der Waals surface area contributed by atoms with Gasteiger partial charge >= 0.3 is 18.0 Å². The summed E-state index contributed by atoms with van der Waals surface area (Å²) in [4.78, 5) is 25.3. The van der Waals surface area contributed by atoms with Gasteiger partial charge in [-0.3, -0.25) is 9.36 Å². The molecule has 3 aromatic rings. The van der Waals surface area contributed by atoms with E-state index in [1.54, 1.807) is 24.3 Å². The first kappa shape index (κ1) is 25.3. The van der Waals surface area contributed by atoms with Gasteiger partial charge in [0.2, 0.25) is 0 Å². The highest BCUT2D eigenvalue weighted by atomic mass is 19.4. The number of hydrogen-bond acceptors (Lipinski definition) is 4. The van der Waals surface area contributed by atoms with E-state index in [1.807, 2.05) is 0 Å². The molecule has 0 unspecified atom stereocenters. The Hall–Kier alpha value is -3.77. The number of methoxy groups -OCH3 is 1. The summed E-state index contributed by atoms with van der Waals surface area (Å²) in [5.74, 6) is -0.120. The van der Waals surface area contributed by atoms with Gasteiger partial charge in [-0.15, -0.1) is 5.10 Å². The topological polar surface area (TPSA) is 78.2 Å². The average Bonchev–Trinajstić information content (AvgIpc) is 3.61. The van der Waals surface area contributed by atoms with E-state index in [0.29, 0.717) is 29.3 Å². The van der Waals surface area contributed by atoms with Gasteiger partial charge in [-0.1, -0.05) is 0 Å². The molecule has 2 aromatic carbocycles. The van der Waals surface area contributed by atoms with Crippen molar-refractivity contribution in [1.29, 1.82) is 0 Å². The molecule has 1 saturated carbocycles. The van der Waals surface area contributed by atoms with Crippen LogP contribution in [0.3, 0.4) is 0 Å². The Balaban J connectivity index is 1.53. The lowest BCUT2D eigenvalue weighted by Crippen LogP contribution is -2.32. The number of ether oxygens (including phenoxy) is 1. The molecular formula is C23H20F6N4O3. The molecule has 0 spiro atoms. The molecule has 0 bridgehead atoms. The molecule has 1 heterocycles. The lowest BCUT2D eigenvalue weighted by molar-refractivity contribution is -0.143. The number of carbonyl (C=O) groups is 1. The van der Waals surface area contributed by atoms with E-state index in [0.717, 1.165) is 17.5 Å². The largest absolute Gasteiger partial charge is 0.497 e. The van der Waals surface area contributed by atoms with Crippen LogP contribution in [0, 0.1) is 0 Å². The third-order valence-electron chi connectivity index (χ3n) is 5.59. The summed E-state index contributed by atoms with van der Waals surface area (Å²) < 4.78 is 86.1. The number of aromatic nitrogens is 3. The lowest BCUT2D eigenvalue weighted by Gasteiger charge is -2.14. The second-order valence-electron chi connectivity index (χ2n) is 8.21. The van der Waals surface area contributed by atoms with Crippen LogP contribution < -0.4 is 15.7 Å². The first-order chi connectivity index (χ1) is 16.9. The van der Waals surface area contributed by atoms with E-state index in [4.69, 9.17) is 4.74 Å². The van der Waals surface area contributed by atoms with Gasteiger partial charge in [0.1, 0.15) is 5.75 Å². The van der Waals surface area contributed by atoms with Crippen LogP contribution in [-0.4, -0.2) is 33.9 Å². The smallest absolute Gasteiger partial charge is 0.416 e. The molecule has 4 rings (SSSR count). The molecule has 1 aromatic heterocycles. The van der Waals surface area contributed by atoms with E-state index in [-0.39, 0.29) is 25.2 Å². The van der Waals surface area contributed by atoms with Crippen LogP contribution in [0.5, 0.6) is 5.75 Å². The maximum absolute atomic E-state index is 13.1. The van der Waals surface area contributed by atoms with E-state index in [1.165, 1.54) is 11.7 Å². The quantitative estimate of drug-likeness (QED) is 0.471. The molecule has 0 saturated heterocycles. The van der Waals surface area contributed by atoms with Crippen LogP contribution >= 0.6 is 0 Å². The fourth-order valence-corrected chi connectivity index (χ4v) is 3.63. The Morgan fingerprint density at radius 1 is 1.03 bits per heavy atom. The van der Waals surface area contributed by atoms with E-state index in [2.05, 4.69) is 10.4 Å². The van der Waals surface area contributed by atoms with E-state index in [9.17, 15) is 35.9 Å². The number of carbonyl (C=O) groups excluding carboxylic acids is 1. The number of nitrogens with zero attached hydrogens (tertiary/aromatic N) is 3. The molecule has 1 N–H and O–H groups in total. The number of hydrogen-bond donors (Lipinski definition) is 1. The van der Waals surface area contributed by atoms with Gasteiger partial charge in [-0.25, -0.2) is 9.48 Å². The zero-order valence-corrected chi connectivity index (χ0v) is 18.8. The Kier molecular flexibility index (Phi) is 6.58. The number of rotatable bonds is 7. The average molecular weight is 514 g/mol. The van der Waals surface area contributed by atoms with Crippen molar-refractivity contribution in [2.45, 2.75) is 37.8 Å². The fourth-order valence-electron chi connectivity index (χ4n) is 3.63. The van der Waals surface area contributed by atoms with Gasteiger partial charge in [0, 0.05) is 23.7 Å². The minimum atomic E-state index is -5.07. The lowest BCUT2D eigenvalue weighted by atomic mass is 10.0. The zero-order chi connectivity index (χ0) is 26.3. The summed E-state index contributed by atoms with van der Waals surface area (Å²) in [5, 5.41) is 6.60. The van der Waals surface area contributed by atoms with E-state index >= 15 is 0 Å². The first-order valence-corrected chi connectivity index (χ1v) is 10.8. The molecule has 1 aliphatic rings. The summed E-state index contributed by atoms with van der Waals surface area (Å²) in [6.07, 6.45) is -8.56. The third-order valence-corrected chi connectivity index (χ3v) is 5.59. The van der Waals surface area contributed by atoms with Crippen LogP contribution in [0.1, 0.15) is 40.4 Å². The molecule has 0 aliphatic heterocycles. The second-order valence-corrected chi connectivity index (χ2v) is 8.21. The molecule has 0 atom stereocenters. The van der Waals surface area contributed by atoms with Crippen LogP contribution in [0.4, 0.5) is 26.3 Å². The Morgan fingerprint density at radius 2 is 1.61 bits per heavy atom. The molecule has 0 radical (unpaired) electrons. The monoisotopic (exact) mass is 514 g/mol. The highest BCUT2D eigenvalue weighted by molar-refractivity contribution is 5.94. The van der Waals surface area contributed by atoms with Gasteiger partial charge < -0.3 is 10.1 Å². The number of alkyl halides is 6. The van der Waals surface area contributed by atoms with Crippen LogP contribution in [0.2, 0.25) is 0 Å². The van der Waals surface area contributed by atoms with Gasteiger partial charge in [-0.2, -0.15) is 26.3 Å². The van der Waals surface area contributed by atoms with Gasteiger partial charge in [-0.05, 0) is 55.3 Å². The van der Waals surface area contributed by atoms with Crippen LogP contribution in [0.15, 0.2) is 47.3 Å². The zero-order valence-electron chi connectivity index (χ0n) is 18.8. The highest BCUT2D eigenvalue weighted by Gasteiger charge is 2.37. The predicted octanol–water partition coefficient (Wildman–Crippen LogP) is 4.52. The van der Waals surface area contributed by atoms with Crippen molar-refractivity contribution >= 4 is 5.91 Å². The molecule has 1 fully saturated rings. The summed E-state index contributed by atoms with van der Waals surface area (Å²) in [6, 6.07) is 7.50. The van der Waals surface area contributed by atoms with Crippen molar-refractivity contribution < 1.29 is 35.9 Å². The normalized spacial score (nSPS) is 14.1. The SMILES string of the molecule is COc1ccc(-c2nn(CCNC(=O)c3cc(C(F)(F)F)cc(C(F)(F)F)c3)c(=O)n2C2CC2)cc1. The van der Waals surface area contributed by atoms with Gasteiger partial charge in [0.05, 0.1) is 24.8 Å². The number of amides is 1. The molecule has 7 nitrogen and oxygen atoms in total. The van der Waals surface area contributed by atoms with Crippen molar-refractivity contribution in [3.63, 3.8) is 0 Å². The van der Waals surface area contributed by atoms with Crippen molar-refractivity contribution in [2.75, 3.05) is 13.7 Å². The standard InChI is InChI=1S/C23H20F6N4O3/c1-36-18-6-2-13(3-7-18)19-31-32(21(35)33(19)17-4-5-17)9-8-30-20(34)14-10-15(22(24,25)26)12-16(11-14)23(27,28)29/h2-3,6-7,10-12,17H,4-5,8-9H2,1H3,(H,30,34). The fraction of sp³-hybridized carbons (Fsp3) is 0.348. The maximum Gasteiger partial charge on any atom is 0.416 e. The number of halogens is 6. The molecular weight excluding hydrogens is 494 g/mol. The molecule has 13 heteroatoms. The number of benzene rings is 2. The summed E-state index contributed by atoms with van der Waals surface area (Å²) in [7, 11) is 1.52. The van der Waals surface area contributed by atoms with Gasteiger partial charge in [0.25, 0.3) is 5.91 Å². The maximum atomic E-state index is 13.1. The van der Waals surface area contributed by atoms with Crippen molar-refractivity contribution in [1.82, 2.24) is 19.7 Å². The Morgan fingerprint density at radius 3 is 2.11 bits per heavy atom. The highest BCUT2D eigenvalue weighted by Crippen LogP contribution is 2.37. The van der Waals surface area contributed by atoms with Crippen molar-refractivity contribution in [3.8, 4) is 17.1 Å². The minimum absolute atomic E-state index is 0.0242. The molecule has 1 amide bonds. The molecule has 192 valence electrons. The van der Waals surface area contributed by atoms with E-state index < -0.39 is 40.6 Å². The first-order valence-electron chi connectivity index (χ1n) is 10.8. The molecule has 1 aliphatic carbocycles. The summed E-state index contributed by atoms with van der Waals surface area (Å²) in [6.45, 7) is -0.390. The van der Waals surface area contributed by atoms with Crippen molar-refractivity contribution in [2.24, 2.45) is 0 Å². The minimum Gasteiger partial charge on any atom is -0.497 e. The van der Waals surface area contributed by atoms with Crippen molar-refractivity contribution in [3.05, 3.63) is 69.6 Å². The summed E-state index contributed by atoms with van der Waals surface area (Å²) >= 11 is 0. The van der Waals surface area contributed by atoms with Crippen LogP contribution in [-0.2, 0) is 18.9 Å².